The van der Waals surface area contributed by atoms with Gasteiger partial charge in [0.2, 0.25) is 0 Å². The summed E-state index contributed by atoms with van der Waals surface area (Å²) in [7, 11) is 0. The van der Waals surface area contributed by atoms with Crippen LogP contribution >= 0.6 is 27.5 Å². The standard InChI is InChI=1S/C11H11BrClF/c12-10-9(14)6-5-8(11(10)13)7-3-1-2-4-7/h5-7H,1-4H2. The van der Waals surface area contributed by atoms with Crippen LogP contribution in [0.25, 0.3) is 0 Å². The normalized spacial score (nSPS) is 17.6. The van der Waals surface area contributed by atoms with Gasteiger partial charge >= 0.3 is 0 Å². The third-order valence-corrected chi connectivity index (χ3v) is 4.27. The van der Waals surface area contributed by atoms with Gasteiger partial charge in [-0.3, -0.25) is 0 Å². The minimum Gasteiger partial charge on any atom is -0.206 e. The van der Waals surface area contributed by atoms with Crippen LogP contribution in [0.15, 0.2) is 16.6 Å². The van der Waals surface area contributed by atoms with E-state index in [9.17, 15) is 4.39 Å². The first kappa shape index (κ1) is 10.4. The number of hydrogen-bond donors (Lipinski definition) is 0. The van der Waals surface area contributed by atoms with Crippen molar-refractivity contribution in [1.29, 1.82) is 0 Å². The lowest BCUT2D eigenvalue weighted by atomic mass is 9.98. The molecule has 0 aliphatic heterocycles. The van der Waals surface area contributed by atoms with Gasteiger partial charge in [-0.25, -0.2) is 4.39 Å². The van der Waals surface area contributed by atoms with Crippen molar-refractivity contribution < 1.29 is 4.39 Å². The predicted octanol–water partition coefficient (Wildman–Crippen LogP) is 4.90. The molecular formula is C11H11BrClF. The van der Waals surface area contributed by atoms with E-state index in [2.05, 4.69) is 15.9 Å². The van der Waals surface area contributed by atoms with Gasteiger partial charge in [0.05, 0.1) is 9.50 Å². The van der Waals surface area contributed by atoms with E-state index in [-0.39, 0.29) is 5.82 Å². The maximum absolute atomic E-state index is 13.1. The molecule has 1 aromatic rings. The molecule has 1 aromatic carbocycles. The van der Waals surface area contributed by atoms with Crippen molar-refractivity contribution in [3.63, 3.8) is 0 Å². The van der Waals surface area contributed by atoms with Gasteiger partial charge in [0.25, 0.3) is 0 Å². The molecule has 0 spiro atoms. The van der Waals surface area contributed by atoms with E-state index >= 15 is 0 Å². The molecule has 0 saturated heterocycles. The number of benzene rings is 1. The van der Waals surface area contributed by atoms with Gasteiger partial charge in [-0.2, -0.15) is 0 Å². The zero-order chi connectivity index (χ0) is 10.1. The molecule has 0 heterocycles. The summed E-state index contributed by atoms with van der Waals surface area (Å²) < 4.78 is 13.5. The zero-order valence-corrected chi connectivity index (χ0v) is 10.0. The SMILES string of the molecule is Fc1ccc(C2CCCC2)c(Cl)c1Br. The summed E-state index contributed by atoms with van der Waals surface area (Å²) in [5.41, 5.74) is 1.09. The third kappa shape index (κ3) is 1.82. The van der Waals surface area contributed by atoms with Crippen molar-refractivity contribution in [3.8, 4) is 0 Å². The molecule has 1 fully saturated rings. The Balaban J connectivity index is 2.38. The summed E-state index contributed by atoms with van der Waals surface area (Å²) in [5.74, 6) is 0.246. The van der Waals surface area contributed by atoms with Crippen LogP contribution in [0.2, 0.25) is 5.02 Å². The highest BCUT2D eigenvalue weighted by molar-refractivity contribution is 9.10. The second-order valence-corrected chi connectivity index (χ2v) is 4.92. The average molecular weight is 278 g/mol. The van der Waals surface area contributed by atoms with Gasteiger partial charge in [-0.1, -0.05) is 30.5 Å². The maximum atomic E-state index is 13.1. The van der Waals surface area contributed by atoms with Gasteiger partial charge in [0.1, 0.15) is 5.82 Å². The van der Waals surface area contributed by atoms with E-state index < -0.39 is 0 Å². The summed E-state index contributed by atoms with van der Waals surface area (Å²) in [6.07, 6.45) is 4.88. The summed E-state index contributed by atoms with van der Waals surface area (Å²) in [6, 6.07) is 3.31. The second-order valence-electron chi connectivity index (χ2n) is 3.75. The molecule has 0 radical (unpaired) electrons. The quantitative estimate of drug-likeness (QED) is 0.641. The second kappa shape index (κ2) is 4.19. The van der Waals surface area contributed by atoms with Gasteiger partial charge < -0.3 is 0 Å². The molecule has 1 saturated carbocycles. The fourth-order valence-electron chi connectivity index (χ4n) is 2.09. The van der Waals surface area contributed by atoms with Crippen LogP contribution in [-0.2, 0) is 0 Å². The third-order valence-electron chi connectivity index (χ3n) is 2.86. The molecule has 2 rings (SSSR count). The molecule has 0 bridgehead atoms. The molecule has 0 nitrogen and oxygen atoms in total. The van der Waals surface area contributed by atoms with Gasteiger partial charge in [0, 0.05) is 0 Å². The van der Waals surface area contributed by atoms with Gasteiger partial charge in [-0.15, -0.1) is 0 Å². The fourth-order valence-corrected chi connectivity index (χ4v) is 2.76. The molecule has 3 heteroatoms. The van der Waals surface area contributed by atoms with E-state index in [0.717, 1.165) is 5.56 Å². The van der Waals surface area contributed by atoms with E-state index in [0.29, 0.717) is 15.4 Å². The Kier molecular flexibility index (Phi) is 3.13. The molecule has 0 N–H and O–H groups in total. The first-order valence-electron chi connectivity index (χ1n) is 4.83. The van der Waals surface area contributed by atoms with E-state index in [1.54, 1.807) is 0 Å². The Labute approximate surface area is 96.6 Å². The van der Waals surface area contributed by atoms with Gasteiger partial charge in [-0.05, 0) is 46.3 Å². The highest BCUT2D eigenvalue weighted by atomic mass is 79.9. The lowest BCUT2D eigenvalue weighted by Gasteiger charge is -2.12. The van der Waals surface area contributed by atoms with Crippen molar-refractivity contribution >= 4 is 27.5 Å². The molecule has 1 aliphatic rings. The number of rotatable bonds is 1. The topological polar surface area (TPSA) is 0 Å². The Morgan fingerprint density at radius 2 is 1.93 bits per heavy atom. The molecule has 1 aliphatic carbocycles. The molecule has 0 atom stereocenters. The summed E-state index contributed by atoms with van der Waals surface area (Å²) in [5, 5.41) is 0.553. The molecule has 0 amide bonds. The lowest BCUT2D eigenvalue weighted by molar-refractivity contribution is 0.617. The summed E-state index contributed by atoms with van der Waals surface area (Å²) in [6.45, 7) is 0. The highest BCUT2D eigenvalue weighted by Crippen LogP contribution is 2.40. The first-order valence-corrected chi connectivity index (χ1v) is 6.00. The molecule has 0 aromatic heterocycles. The average Bonchev–Trinajstić information content (AvgIpc) is 2.67. The molecule has 76 valence electrons. The summed E-state index contributed by atoms with van der Waals surface area (Å²) in [4.78, 5) is 0. The van der Waals surface area contributed by atoms with Crippen LogP contribution in [0.5, 0.6) is 0 Å². The van der Waals surface area contributed by atoms with Crippen molar-refractivity contribution in [3.05, 3.63) is 33.0 Å². The van der Waals surface area contributed by atoms with E-state index in [1.165, 1.54) is 31.7 Å². The smallest absolute Gasteiger partial charge is 0.138 e. The first-order chi connectivity index (χ1) is 6.70. The Hall–Kier alpha value is -0.0800. The monoisotopic (exact) mass is 276 g/mol. The number of halogens is 3. The van der Waals surface area contributed by atoms with Crippen LogP contribution in [-0.4, -0.2) is 0 Å². The maximum Gasteiger partial charge on any atom is 0.138 e. The summed E-state index contributed by atoms with van der Waals surface area (Å²) >= 11 is 9.26. The van der Waals surface area contributed by atoms with Crippen LogP contribution in [0.3, 0.4) is 0 Å². The van der Waals surface area contributed by atoms with Crippen LogP contribution in [0, 0.1) is 5.82 Å². The minimum absolute atomic E-state index is 0.281. The van der Waals surface area contributed by atoms with E-state index in [1.807, 2.05) is 6.07 Å². The molecule has 14 heavy (non-hydrogen) atoms. The Morgan fingerprint density at radius 1 is 1.29 bits per heavy atom. The zero-order valence-electron chi connectivity index (χ0n) is 7.69. The van der Waals surface area contributed by atoms with E-state index in [4.69, 9.17) is 11.6 Å². The van der Waals surface area contributed by atoms with Crippen molar-refractivity contribution in [1.82, 2.24) is 0 Å². The van der Waals surface area contributed by atoms with Crippen molar-refractivity contribution in [2.24, 2.45) is 0 Å². The lowest BCUT2D eigenvalue weighted by Crippen LogP contribution is -1.95. The van der Waals surface area contributed by atoms with Crippen LogP contribution in [0.4, 0.5) is 4.39 Å². The van der Waals surface area contributed by atoms with Crippen LogP contribution in [0.1, 0.15) is 37.2 Å². The number of hydrogen-bond acceptors (Lipinski definition) is 0. The Morgan fingerprint density at radius 3 is 2.57 bits per heavy atom. The Bertz CT molecular complexity index is 345. The van der Waals surface area contributed by atoms with Crippen LogP contribution < -0.4 is 0 Å². The predicted molar refractivity (Wildman–Crippen MR) is 60.3 cm³/mol. The van der Waals surface area contributed by atoms with Crippen molar-refractivity contribution in [2.45, 2.75) is 31.6 Å². The van der Waals surface area contributed by atoms with Crippen molar-refractivity contribution in [2.75, 3.05) is 0 Å². The largest absolute Gasteiger partial charge is 0.206 e. The molecular weight excluding hydrogens is 266 g/mol. The fraction of sp³-hybridized carbons (Fsp3) is 0.455. The minimum atomic E-state index is -0.281. The molecule has 0 unspecified atom stereocenters. The van der Waals surface area contributed by atoms with Gasteiger partial charge in [0.15, 0.2) is 0 Å². The highest BCUT2D eigenvalue weighted by Gasteiger charge is 2.21.